The molecule has 0 amide bonds. The zero-order chi connectivity index (χ0) is 48.5. The molecule has 0 unspecified atom stereocenters. The Hall–Kier alpha value is -6.80. The van der Waals surface area contributed by atoms with Crippen LogP contribution in [0.15, 0.2) is 140 Å². The zero-order valence-electron chi connectivity index (χ0n) is 35.4. The minimum Gasteiger partial charge on any atom is -0.462 e. The number of ether oxygens (including phenoxy) is 1. The molecule has 0 N–H and O–H groups in total. The molecule has 4 aromatic carbocycles. The first-order valence-corrected chi connectivity index (χ1v) is 25.2. The van der Waals surface area contributed by atoms with Crippen LogP contribution in [-0.2, 0) is 4.74 Å². The number of carbonyl (C=O) groups is 1. The van der Waals surface area contributed by atoms with Crippen LogP contribution in [-0.4, -0.2) is 43.5 Å². The van der Waals surface area contributed by atoms with Crippen molar-refractivity contribution in [2.24, 2.45) is 20.0 Å². The summed E-state index contributed by atoms with van der Waals surface area (Å²) in [7, 11) is -1.56. The lowest BCUT2D eigenvalue weighted by Gasteiger charge is -2.15. The van der Waals surface area contributed by atoms with Gasteiger partial charge >= 0.3 is 5.97 Å². The Morgan fingerprint density at radius 3 is 1.12 bits per heavy atom. The normalized spacial score (nSPS) is 16.4. The second-order valence-corrected chi connectivity index (χ2v) is 23.7. The van der Waals surface area contributed by atoms with E-state index in [4.69, 9.17) is 4.74 Å². The summed E-state index contributed by atoms with van der Waals surface area (Å²) >= 11 is 2.05. The molecule has 342 valence electrons. The van der Waals surface area contributed by atoms with Crippen molar-refractivity contribution in [1.82, 2.24) is 0 Å². The van der Waals surface area contributed by atoms with Gasteiger partial charge < -0.3 is 4.74 Å². The summed E-state index contributed by atoms with van der Waals surface area (Å²) in [6, 6.07) is 13.2. The largest absolute Gasteiger partial charge is 0.462 e. The van der Waals surface area contributed by atoms with Crippen LogP contribution in [0.5, 0.6) is 0 Å². The van der Waals surface area contributed by atoms with E-state index in [1.165, 1.54) is 72.9 Å². The van der Waals surface area contributed by atoms with E-state index in [9.17, 15) is 13.6 Å². The van der Waals surface area contributed by atoms with Crippen LogP contribution < -0.4 is 0 Å². The Kier molecular flexibility index (Phi) is 12.0. The van der Waals surface area contributed by atoms with Gasteiger partial charge in [0.15, 0.2) is 46.5 Å². The van der Waals surface area contributed by atoms with Crippen LogP contribution >= 0.6 is 22.6 Å². The van der Waals surface area contributed by atoms with E-state index in [1.54, 1.807) is 24.3 Å². The fourth-order valence-electron chi connectivity index (χ4n) is 7.76. The number of benzene rings is 4. The van der Waals surface area contributed by atoms with Crippen molar-refractivity contribution in [2.45, 2.75) is 25.7 Å². The number of hydrogen-bond donors (Lipinski definition) is 0. The predicted molar refractivity (Wildman–Crippen MR) is 250 cm³/mol. The average molecular weight is 1060 g/mol. The Morgan fingerprint density at radius 1 is 0.456 bits per heavy atom. The molecule has 0 fully saturated rings. The summed E-state index contributed by atoms with van der Waals surface area (Å²) < 4.78 is 159. The molecule has 4 aromatic rings. The Balaban J connectivity index is 1.35. The summed E-state index contributed by atoms with van der Waals surface area (Å²) in [4.78, 5) is 31.6. The highest BCUT2D eigenvalue weighted by atomic mass is 127. The van der Waals surface area contributed by atoms with Gasteiger partial charge in [-0.15, -0.1) is 0 Å². The summed E-state index contributed by atoms with van der Waals surface area (Å²) in [6.45, 7) is 6.53. The van der Waals surface area contributed by atoms with E-state index in [2.05, 4.69) is 62.2 Å². The van der Waals surface area contributed by atoms with Gasteiger partial charge in [0, 0.05) is 33.9 Å². The maximum atomic E-state index is 16.0. The van der Waals surface area contributed by atoms with E-state index in [0.717, 1.165) is 3.57 Å². The van der Waals surface area contributed by atoms with Crippen molar-refractivity contribution in [3.8, 4) is 0 Å². The van der Waals surface area contributed by atoms with Crippen LogP contribution in [0.4, 0.5) is 43.9 Å². The molecule has 0 saturated heterocycles. The molecule has 18 heteroatoms. The van der Waals surface area contributed by atoms with Gasteiger partial charge in [0.2, 0.25) is 11.6 Å². The Morgan fingerprint density at radius 2 is 0.765 bits per heavy atom. The number of allylic oxidation sites excluding steroid dienone is 12. The zero-order valence-corrected chi connectivity index (χ0v) is 38.6. The third kappa shape index (κ3) is 8.22. The maximum Gasteiger partial charge on any atom is 0.338 e. The van der Waals surface area contributed by atoms with E-state index in [1.807, 2.05) is 0 Å². The second-order valence-electron chi connectivity index (χ2n) is 16.8. The number of fused-ring (bicyclic) bond motifs is 4. The highest BCUT2D eigenvalue weighted by Crippen LogP contribution is 2.42. The Labute approximate surface area is 395 Å². The van der Waals surface area contributed by atoms with E-state index < -0.39 is 94.5 Å². The van der Waals surface area contributed by atoms with E-state index >= 15 is 35.1 Å². The lowest BCUT2D eigenvalue weighted by atomic mass is 9.96. The molecule has 0 spiro atoms. The van der Waals surface area contributed by atoms with Crippen LogP contribution in [0, 0.1) is 61.7 Å². The predicted octanol–water partition coefficient (Wildman–Crippen LogP) is 13.2. The van der Waals surface area contributed by atoms with Crippen molar-refractivity contribution in [1.29, 1.82) is 0 Å². The number of halogens is 11. The molecule has 6 nitrogen and oxygen atoms in total. The monoisotopic (exact) mass is 1060 g/mol. The van der Waals surface area contributed by atoms with Crippen LogP contribution in [0.1, 0.15) is 32.6 Å². The fourth-order valence-corrected chi connectivity index (χ4v) is 8.84. The quantitative estimate of drug-likeness (QED) is 0.0440. The molecule has 5 heterocycles. The smallest absolute Gasteiger partial charge is 0.338 e. The molecule has 0 atom stereocenters. The number of hydrogen-bond acceptors (Lipinski definition) is 6. The van der Waals surface area contributed by atoms with Crippen molar-refractivity contribution >= 4 is 81.8 Å². The molecule has 5 aliphatic heterocycles. The lowest BCUT2D eigenvalue weighted by molar-refractivity contribution is 0.0525. The first kappa shape index (κ1) is 46.3. The van der Waals surface area contributed by atoms with Crippen molar-refractivity contribution in [2.75, 3.05) is 6.61 Å². The summed E-state index contributed by atoms with van der Waals surface area (Å²) in [5.74, 6) is -23.0. The molecule has 8 bridgehead atoms. The van der Waals surface area contributed by atoms with Gasteiger partial charge in [-0.3, -0.25) is 0 Å². The minimum atomic E-state index is -2.39. The molecule has 5 aliphatic rings. The van der Waals surface area contributed by atoms with Gasteiger partial charge in [0.05, 0.1) is 68.9 Å². The van der Waals surface area contributed by atoms with E-state index in [0.29, 0.717) is 11.6 Å². The van der Waals surface area contributed by atoms with Crippen LogP contribution in [0.25, 0.3) is 22.3 Å². The van der Waals surface area contributed by atoms with Crippen molar-refractivity contribution in [3.05, 3.63) is 209 Å². The minimum absolute atomic E-state index is 0.0176. The SMILES string of the molecule is C[Si](C)(C)CCOC(=O)c1ccc(C2=C3C=CC(=N3)C(c3c(F)c(F)c(F)c(F)c3F)=C3C=CC(=N3)C(c3ccc(I)cc3)=C3C=CC(=N3)C(c3c(F)c(F)c(F)c(F)c3F)=C3C=CC2=N3)cc1. The summed E-state index contributed by atoms with van der Waals surface area (Å²) in [5, 5.41) is 0. The summed E-state index contributed by atoms with van der Waals surface area (Å²) in [5.41, 5.74) is -4.16. The number of esters is 1. The molecule has 68 heavy (non-hydrogen) atoms. The van der Waals surface area contributed by atoms with Gasteiger partial charge in [-0.2, -0.15) is 0 Å². The van der Waals surface area contributed by atoms with Crippen LogP contribution in [0.3, 0.4) is 0 Å². The van der Waals surface area contributed by atoms with Gasteiger partial charge in [-0.25, -0.2) is 68.7 Å². The molecular weight excluding hydrogens is 1030 g/mol. The molecule has 0 aromatic heterocycles. The first-order chi connectivity index (χ1) is 32.3. The van der Waals surface area contributed by atoms with Crippen LogP contribution in [0.2, 0.25) is 25.7 Å². The number of aliphatic imine (C=N–C) groups is 4. The molecule has 9 rings (SSSR count). The topological polar surface area (TPSA) is 75.7 Å². The number of rotatable bonds is 8. The number of nitrogens with zero attached hydrogens (tertiary/aromatic N) is 4. The number of carbonyl (C=O) groups excluding carboxylic acids is 1. The van der Waals surface area contributed by atoms with Gasteiger partial charge in [-0.1, -0.05) is 43.9 Å². The molecule has 0 saturated carbocycles. The maximum absolute atomic E-state index is 16.0. The van der Waals surface area contributed by atoms with E-state index in [-0.39, 0.29) is 74.5 Å². The van der Waals surface area contributed by atoms with Crippen molar-refractivity contribution < 1.29 is 53.4 Å². The lowest BCUT2D eigenvalue weighted by Crippen LogP contribution is -2.22. The standard InChI is InChI=1S/C50H29F10IN4O2Si/c1-68(2,3)21-20-67-50(66)24-6-4-22(5-7-24)34-26-12-16-30(62-26)36(38-40(51)44(55)48(59)45(56)41(38)52)32-18-14-28(64-32)35(23-8-10-25(61)11-9-23)29-15-19-33(65-29)37(31-17-13-27(34)63-31)39-42(53)46(57)49(60)47(58)43(39)54/h4-19H,20-21H2,1-3H3. The van der Waals surface area contributed by atoms with Crippen molar-refractivity contribution in [3.63, 3.8) is 0 Å². The van der Waals surface area contributed by atoms with Gasteiger partial charge in [-0.05, 0) is 113 Å². The third-order valence-corrected chi connectivity index (χ3v) is 13.6. The summed E-state index contributed by atoms with van der Waals surface area (Å²) in [6.07, 6.45) is 10.4. The molecule has 0 aliphatic carbocycles. The van der Waals surface area contributed by atoms with Gasteiger partial charge in [0.1, 0.15) is 0 Å². The molecule has 0 radical (unpaired) electrons. The molecular formula is C50H29F10IN4O2Si. The second kappa shape index (κ2) is 17.7. The average Bonchev–Trinajstić information content (AvgIpc) is 4.17. The Bertz CT molecular complexity index is 3220. The first-order valence-electron chi connectivity index (χ1n) is 20.5. The highest BCUT2D eigenvalue weighted by Gasteiger charge is 2.36. The highest BCUT2D eigenvalue weighted by molar-refractivity contribution is 14.1. The fraction of sp³-hybridized carbons (Fsp3) is 0.100. The van der Waals surface area contributed by atoms with Gasteiger partial charge in [0.25, 0.3) is 0 Å². The third-order valence-electron chi connectivity index (χ3n) is 11.2.